The third-order valence-electron chi connectivity index (χ3n) is 1.75. The van der Waals surface area contributed by atoms with Crippen molar-refractivity contribution < 1.29 is 4.79 Å². The molecule has 0 saturated heterocycles. The zero-order chi connectivity index (χ0) is 12.0. The van der Waals surface area contributed by atoms with Gasteiger partial charge >= 0.3 is 6.03 Å². The molecule has 84 valence electrons. The van der Waals surface area contributed by atoms with Crippen LogP contribution in [0.15, 0.2) is 39.9 Å². The molecule has 0 fully saturated rings. The number of nitrogens with two attached hydrogens (primary N) is 1. The number of nitrogens with zero attached hydrogens (tertiary/aromatic N) is 1. The van der Waals surface area contributed by atoms with Gasteiger partial charge in [0.05, 0.1) is 5.71 Å². The Labute approximate surface area is 102 Å². The monoisotopic (exact) mass is 281 g/mol. The van der Waals surface area contributed by atoms with Crippen LogP contribution in [-0.4, -0.2) is 11.7 Å². The molecule has 0 aromatic heterocycles. The lowest BCUT2D eigenvalue weighted by Gasteiger charge is -1.97. The summed E-state index contributed by atoms with van der Waals surface area (Å²) in [4.78, 5) is 10.4. The highest BCUT2D eigenvalue weighted by molar-refractivity contribution is 9.10. The van der Waals surface area contributed by atoms with Crippen LogP contribution < -0.4 is 11.2 Å². The third kappa shape index (κ3) is 4.27. The Kier molecular flexibility index (Phi) is 4.72. The fraction of sp³-hybridized carbons (Fsp3) is 0.0909. The van der Waals surface area contributed by atoms with Crippen molar-refractivity contribution in [3.8, 4) is 0 Å². The summed E-state index contributed by atoms with van der Waals surface area (Å²) >= 11 is 3.43. The molecule has 0 radical (unpaired) electrons. The van der Waals surface area contributed by atoms with Crippen LogP contribution in [0.1, 0.15) is 12.5 Å². The standard InChI is InChI=1S/C11H12BrN3O/c1-8(14-15-11(13)16)6-7-9-4-2-3-5-10(9)12/h2-7H,1H3,(H3,13,15,16)/b7-6+,14-8-. The number of hydrogen-bond acceptors (Lipinski definition) is 2. The van der Waals surface area contributed by atoms with Gasteiger partial charge in [-0.05, 0) is 24.6 Å². The van der Waals surface area contributed by atoms with Gasteiger partial charge in [-0.2, -0.15) is 5.10 Å². The highest BCUT2D eigenvalue weighted by atomic mass is 79.9. The lowest BCUT2D eigenvalue weighted by Crippen LogP contribution is -2.25. The molecule has 0 unspecified atom stereocenters. The van der Waals surface area contributed by atoms with Crippen LogP contribution in [0, 0.1) is 0 Å². The van der Waals surface area contributed by atoms with Gasteiger partial charge in [0.25, 0.3) is 0 Å². The summed E-state index contributed by atoms with van der Waals surface area (Å²) < 4.78 is 1.00. The molecule has 0 spiro atoms. The predicted molar refractivity (Wildman–Crippen MR) is 69.0 cm³/mol. The van der Waals surface area contributed by atoms with E-state index in [9.17, 15) is 4.79 Å². The van der Waals surface area contributed by atoms with Gasteiger partial charge in [-0.3, -0.25) is 0 Å². The van der Waals surface area contributed by atoms with Gasteiger partial charge in [0.2, 0.25) is 0 Å². The smallest absolute Gasteiger partial charge is 0.332 e. The van der Waals surface area contributed by atoms with E-state index >= 15 is 0 Å². The largest absolute Gasteiger partial charge is 0.350 e. The van der Waals surface area contributed by atoms with Crippen LogP contribution in [0.3, 0.4) is 0 Å². The molecule has 0 aliphatic rings. The molecular formula is C11H12BrN3O. The molecule has 0 heterocycles. The summed E-state index contributed by atoms with van der Waals surface area (Å²) in [5, 5.41) is 3.76. The van der Waals surface area contributed by atoms with Gasteiger partial charge in [-0.15, -0.1) is 0 Å². The Hall–Kier alpha value is -1.62. The average Bonchev–Trinajstić information content (AvgIpc) is 2.25. The van der Waals surface area contributed by atoms with E-state index in [-0.39, 0.29) is 0 Å². The van der Waals surface area contributed by atoms with Gasteiger partial charge in [-0.1, -0.05) is 40.2 Å². The number of urea groups is 1. The van der Waals surface area contributed by atoms with Crippen molar-refractivity contribution in [2.45, 2.75) is 6.92 Å². The van der Waals surface area contributed by atoms with Crippen LogP contribution in [0.5, 0.6) is 0 Å². The first-order chi connectivity index (χ1) is 7.59. The topological polar surface area (TPSA) is 67.5 Å². The van der Waals surface area contributed by atoms with Gasteiger partial charge < -0.3 is 5.73 Å². The van der Waals surface area contributed by atoms with Crippen LogP contribution in [0.4, 0.5) is 4.79 Å². The van der Waals surface area contributed by atoms with Gasteiger partial charge in [0.1, 0.15) is 0 Å². The van der Waals surface area contributed by atoms with Gasteiger partial charge in [0.15, 0.2) is 0 Å². The molecule has 0 saturated carbocycles. The minimum absolute atomic E-state index is 0.662. The number of carbonyl (C=O) groups is 1. The minimum Gasteiger partial charge on any atom is -0.350 e. The summed E-state index contributed by atoms with van der Waals surface area (Å²) in [6.45, 7) is 1.77. The molecule has 1 aromatic rings. The number of benzene rings is 1. The molecule has 5 heteroatoms. The number of halogens is 1. The first-order valence-electron chi connectivity index (χ1n) is 4.62. The second-order valence-electron chi connectivity index (χ2n) is 3.08. The number of primary amides is 1. The van der Waals surface area contributed by atoms with E-state index in [1.807, 2.05) is 30.3 Å². The molecule has 16 heavy (non-hydrogen) atoms. The Balaban J connectivity index is 2.70. The number of carbonyl (C=O) groups excluding carboxylic acids is 1. The number of hydrogen-bond donors (Lipinski definition) is 2. The maximum Gasteiger partial charge on any atom is 0.332 e. The molecule has 3 N–H and O–H groups in total. The molecule has 2 amide bonds. The molecule has 1 aromatic carbocycles. The summed E-state index contributed by atoms with van der Waals surface area (Å²) in [5.41, 5.74) is 8.74. The normalized spacial score (nSPS) is 11.8. The van der Waals surface area contributed by atoms with Gasteiger partial charge in [0, 0.05) is 4.47 Å². The fourth-order valence-electron chi connectivity index (χ4n) is 1.00. The molecule has 0 atom stereocenters. The predicted octanol–water partition coefficient (Wildman–Crippen LogP) is 2.51. The fourth-order valence-corrected chi connectivity index (χ4v) is 1.42. The highest BCUT2D eigenvalue weighted by Gasteiger charge is 1.93. The first-order valence-corrected chi connectivity index (χ1v) is 5.41. The lowest BCUT2D eigenvalue weighted by molar-refractivity contribution is 0.249. The number of amides is 2. The lowest BCUT2D eigenvalue weighted by atomic mass is 10.2. The highest BCUT2D eigenvalue weighted by Crippen LogP contribution is 2.16. The third-order valence-corrected chi connectivity index (χ3v) is 2.47. The molecular weight excluding hydrogens is 270 g/mol. The molecule has 4 nitrogen and oxygen atoms in total. The van der Waals surface area contributed by atoms with Crippen molar-refractivity contribution in [3.63, 3.8) is 0 Å². The number of rotatable bonds is 3. The zero-order valence-electron chi connectivity index (χ0n) is 8.77. The minimum atomic E-state index is -0.673. The van der Waals surface area contributed by atoms with E-state index in [1.165, 1.54) is 0 Å². The van der Waals surface area contributed by atoms with Crippen molar-refractivity contribution in [1.29, 1.82) is 0 Å². The van der Waals surface area contributed by atoms with Crippen molar-refractivity contribution in [2.75, 3.05) is 0 Å². The Morgan fingerprint density at radius 3 is 2.81 bits per heavy atom. The van der Waals surface area contributed by atoms with Crippen LogP contribution in [-0.2, 0) is 0 Å². The average molecular weight is 282 g/mol. The van der Waals surface area contributed by atoms with E-state index in [2.05, 4.69) is 26.5 Å². The summed E-state index contributed by atoms with van der Waals surface area (Å²) in [6.07, 6.45) is 3.68. The van der Waals surface area contributed by atoms with Crippen molar-refractivity contribution >= 4 is 33.7 Å². The summed E-state index contributed by atoms with van der Waals surface area (Å²) in [6, 6.07) is 7.13. The van der Waals surface area contributed by atoms with E-state index in [0.717, 1.165) is 10.0 Å². The zero-order valence-corrected chi connectivity index (χ0v) is 10.4. The Morgan fingerprint density at radius 1 is 1.50 bits per heavy atom. The number of nitrogens with one attached hydrogen (secondary N) is 1. The molecule has 0 bridgehead atoms. The maximum absolute atomic E-state index is 10.4. The number of hydrazone groups is 1. The second-order valence-corrected chi connectivity index (χ2v) is 3.94. The van der Waals surface area contributed by atoms with Gasteiger partial charge in [-0.25, -0.2) is 10.2 Å². The van der Waals surface area contributed by atoms with E-state index in [1.54, 1.807) is 13.0 Å². The van der Waals surface area contributed by atoms with Crippen LogP contribution >= 0.6 is 15.9 Å². The quantitative estimate of drug-likeness (QED) is 0.649. The van der Waals surface area contributed by atoms with E-state index < -0.39 is 6.03 Å². The summed E-state index contributed by atoms with van der Waals surface area (Å²) in [7, 11) is 0. The van der Waals surface area contributed by atoms with E-state index in [0.29, 0.717) is 5.71 Å². The molecule has 1 rings (SSSR count). The second kappa shape index (κ2) is 6.07. The Bertz CT molecular complexity index is 441. The first kappa shape index (κ1) is 12.4. The maximum atomic E-state index is 10.4. The van der Waals surface area contributed by atoms with Crippen molar-refractivity contribution in [1.82, 2.24) is 5.43 Å². The van der Waals surface area contributed by atoms with Crippen LogP contribution in [0.25, 0.3) is 6.08 Å². The van der Waals surface area contributed by atoms with Crippen molar-refractivity contribution in [2.24, 2.45) is 10.8 Å². The number of allylic oxidation sites excluding steroid dienone is 1. The SMILES string of the molecule is CC(/C=C/c1ccccc1Br)=N/NC(N)=O. The Morgan fingerprint density at radius 2 is 2.19 bits per heavy atom. The van der Waals surface area contributed by atoms with Crippen LogP contribution in [0.2, 0.25) is 0 Å². The van der Waals surface area contributed by atoms with E-state index in [4.69, 9.17) is 5.73 Å². The molecule has 0 aliphatic carbocycles. The molecule has 0 aliphatic heterocycles. The van der Waals surface area contributed by atoms with Crippen molar-refractivity contribution in [3.05, 3.63) is 40.4 Å². The summed E-state index contributed by atoms with van der Waals surface area (Å²) in [5.74, 6) is 0.